The Hall–Kier alpha value is -2.08. The number of carbonyl (C=O) groups excluding carboxylic acids is 1. The number of nitrogens with zero attached hydrogens (tertiary/aromatic N) is 4. The second kappa shape index (κ2) is 8.54. The van der Waals surface area contributed by atoms with Crippen molar-refractivity contribution in [3.8, 4) is 0 Å². The average molecular weight is 358 g/mol. The monoisotopic (exact) mass is 357 g/mol. The number of nitrogens with one attached hydrogen (secondary N) is 1. The van der Waals surface area contributed by atoms with Gasteiger partial charge in [0.2, 0.25) is 5.91 Å². The van der Waals surface area contributed by atoms with Crippen LogP contribution >= 0.6 is 0 Å². The highest BCUT2D eigenvalue weighted by atomic mass is 16.2. The van der Waals surface area contributed by atoms with Gasteiger partial charge in [0, 0.05) is 46.5 Å². The first-order valence-electron chi connectivity index (χ1n) is 9.63. The molecule has 142 valence electrons. The van der Waals surface area contributed by atoms with E-state index in [4.69, 9.17) is 0 Å². The first-order chi connectivity index (χ1) is 12.6. The number of rotatable bonds is 5. The number of guanidine groups is 1. The number of anilines is 1. The van der Waals surface area contributed by atoms with Crippen LogP contribution in [0, 0.1) is 0 Å². The largest absolute Gasteiger partial charge is 0.356 e. The molecule has 2 aliphatic rings. The first-order valence-corrected chi connectivity index (χ1v) is 9.63. The highest BCUT2D eigenvalue weighted by Gasteiger charge is 2.31. The summed E-state index contributed by atoms with van der Waals surface area (Å²) in [6.45, 7) is 3.82. The molecular formula is C20H31N5O. The number of fused-ring (bicyclic) bond motifs is 1. The molecule has 1 atom stereocenters. The Morgan fingerprint density at radius 1 is 1.31 bits per heavy atom. The van der Waals surface area contributed by atoms with Gasteiger partial charge in [-0.05, 0) is 43.9 Å². The van der Waals surface area contributed by atoms with Gasteiger partial charge in [-0.1, -0.05) is 18.2 Å². The number of benzene rings is 1. The molecule has 26 heavy (non-hydrogen) atoms. The topological polar surface area (TPSA) is 51.2 Å². The molecule has 1 amide bonds. The summed E-state index contributed by atoms with van der Waals surface area (Å²) in [5.74, 6) is 1.18. The van der Waals surface area contributed by atoms with Gasteiger partial charge in [-0.3, -0.25) is 14.7 Å². The fourth-order valence-corrected chi connectivity index (χ4v) is 4.01. The van der Waals surface area contributed by atoms with E-state index in [1.54, 1.807) is 4.90 Å². The second-order valence-electron chi connectivity index (χ2n) is 7.28. The van der Waals surface area contributed by atoms with Crippen molar-refractivity contribution in [2.45, 2.75) is 31.7 Å². The summed E-state index contributed by atoms with van der Waals surface area (Å²) in [6, 6.07) is 8.60. The van der Waals surface area contributed by atoms with Crippen molar-refractivity contribution in [3.05, 3.63) is 29.8 Å². The van der Waals surface area contributed by atoms with Gasteiger partial charge in [0.1, 0.15) is 0 Å². The van der Waals surface area contributed by atoms with Crippen LogP contribution in [0.1, 0.15) is 24.8 Å². The van der Waals surface area contributed by atoms with Crippen molar-refractivity contribution in [2.24, 2.45) is 4.99 Å². The van der Waals surface area contributed by atoms with Crippen LogP contribution in [0.25, 0.3) is 0 Å². The van der Waals surface area contributed by atoms with E-state index in [9.17, 15) is 4.79 Å². The third-order valence-electron chi connectivity index (χ3n) is 5.35. The number of likely N-dealkylation sites (tertiary alicyclic amines) is 1. The predicted molar refractivity (Wildman–Crippen MR) is 107 cm³/mol. The molecule has 0 aromatic heterocycles. The van der Waals surface area contributed by atoms with Crippen LogP contribution in [0.2, 0.25) is 0 Å². The van der Waals surface area contributed by atoms with E-state index in [0.29, 0.717) is 0 Å². The summed E-state index contributed by atoms with van der Waals surface area (Å²) >= 11 is 0. The molecule has 2 aliphatic heterocycles. The van der Waals surface area contributed by atoms with Crippen molar-refractivity contribution in [3.63, 3.8) is 0 Å². The fourth-order valence-electron chi connectivity index (χ4n) is 4.01. The molecule has 1 aromatic carbocycles. The molecule has 6 nitrogen and oxygen atoms in total. The summed E-state index contributed by atoms with van der Waals surface area (Å²) in [7, 11) is 5.53. The highest BCUT2D eigenvalue weighted by molar-refractivity contribution is 5.97. The molecule has 1 N–H and O–H groups in total. The third kappa shape index (κ3) is 4.01. The van der Waals surface area contributed by atoms with E-state index >= 15 is 0 Å². The lowest BCUT2D eigenvalue weighted by Crippen LogP contribution is -2.44. The zero-order valence-electron chi connectivity index (χ0n) is 16.2. The Balaban J connectivity index is 1.48. The normalized spacial score (nSPS) is 20.3. The maximum Gasteiger partial charge on any atom is 0.239 e. The van der Waals surface area contributed by atoms with Crippen LogP contribution in [0.5, 0.6) is 0 Å². The molecular weight excluding hydrogens is 326 g/mol. The van der Waals surface area contributed by atoms with E-state index in [-0.39, 0.29) is 11.9 Å². The molecule has 0 radical (unpaired) electrons. The number of likely N-dealkylation sites (N-methyl/N-ethyl adjacent to an activating group) is 1. The maximum absolute atomic E-state index is 12.3. The van der Waals surface area contributed by atoms with Gasteiger partial charge < -0.3 is 15.1 Å². The third-order valence-corrected chi connectivity index (χ3v) is 5.35. The SMILES string of the molecule is CN=C(NCCCN1CCCC1C(=O)N(C)C)N1CCc2ccccc21. The maximum atomic E-state index is 12.3. The van der Waals surface area contributed by atoms with E-state index in [1.165, 1.54) is 11.3 Å². The quantitative estimate of drug-likeness (QED) is 0.494. The number of para-hydroxylation sites is 1. The zero-order valence-corrected chi connectivity index (χ0v) is 16.2. The van der Waals surface area contributed by atoms with E-state index < -0.39 is 0 Å². The van der Waals surface area contributed by atoms with Crippen LogP contribution in [0.3, 0.4) is 0 Å². The molecule has 0 spiro atoms. The highest BCUT2D eigenvalue weighted by Crippen LogP contribution is 2.27. The molecule has 0 saturated carbocycles. The number of amides is 1. The van der Waals surface area contributed by atoms with Crippen molar-refractivity contribution in [1.82, 2.24) is 15.1 Å². The molecule has 0 aliphatic carbocycles. The van der Waals surface area contributed by atoms with Gasteiger partial charge in [-0.15, -0.1) is 0 Å². The summed E-state index contributed by atoms with van der Waals surface area (Å²) in [5.41, 5.74) is 2.65. The minimum atomic E-state index is 0.0646. The summed E-state index contributed by atoms with van der Waals surface area (Å²) in [6.07, 6.45) is 4.17. The van der Waals surface area contributed by atoms with Gasteiger partial charge in [0.15, 0.2) is 5.96 Å². The lowest BCUT2D eigenvalue weighted by molar-refractivity contribution is -0.133. The van der Waals surface area contributed by atoms with Crippen LogP contribution in [-0.2, 0) is 11.2 Å². The van der Waals surface area contributed by atoms with Crippen LogP contribution in [0.4, 0.5) is 5.69 Å². The molecule has 1 saturated heterocycles. The number of hydrogen-bond acceptors (Lipinski definition) is 3. The van der Waals surface area contributed by atoms with E-state index in [1.807, 2.05) is 21.1 Å². The lowest BCUT2D eigenvalue weighted by atomic mass is 10.2. The standard InChI is InChI=1S/C20H31N5O/c1-21-20(25-15-11-16-8-4-5-9-17(16)25)22-12-7-14-24-13-6-10-18(24)19(26)23(2)3/h4-5,8-9,18H,6-7,10-15H2,1-3H3,(H,21,22). The average Bonchev–Trinajstić information content (AvgIpc) is 3.28. The Morgan fingerprint density at radius 2 is 2.12 bits per heavy atom. The van der Waals surface area contributed by atoms with E-state index in [2.05, 4.69) is 44.4 Å². The van der Waals surface area contributed by atoms with Crippen molar-refractivity contribution in [1.29, 1.82) is 0 Å². The molecule has 1 aromatic rings. The molecule has 1 unspecified atom stereocenters. The van der Waals surface area contributed by atoms with Crippen molar-refractivity contribution in [2.75, 3.05) is 52.2 Å². The first kappa shape index (κ1) is 18.7. The van der Waals surface area contributed by atoms with Gasteiger partial charge in [-0.2, -0.15) is 0 Å². The number of aliphatic imine (C=N–C) groups is 1. The van der Waals surface area contributed by atoms with Crippen LogP contribution in [-0.4, -0.2) is 75.0 Å². The Labute approximate surface area is 156 Å². The summed E-state index contributed by atoms with van der Waals surface area (Å²) in [4.78, 5) is 23.1. The molecule has 6 heteroatoms. The van der Waals surface area contributed by atoms with Crippen LogP contribution in [0.15, 0.2) is 29.3 Å². The van der Waals surface area contributed by atoms with Gasteiger partial charge in [0.05, 0.1) is 6.04 Å². The van der Waals surface area contributed by atoms with Gasteiger partial charge in [0.25, 0.3) is 0 Å². The number of carbonyl (C=O) groups is 1. The van der Waals surface area contributed by atoms with Gasteiger partial charge in [-0.25, -0.2) is 0 Å². The predicted octanol–water partition coefficient (Wildman–Crippen LogP) is 1.57. The molecule has 0 bridgehead atoms. The van der Waals surface area contributed by atoms with Crippen molar-refractivity contribution >= 4 is 17.6 Å². The summed E-state index contributed by atoms with van der Waals surface area (Å²) < 4.78 is 0. The fraction of sp³-hybridized carbons (Fsp3) is 0.600. The summed E-state index contributed by atoms with van der Waals surface area (Å²) in [5, 5.41) is 3.50. The minimum Gasteiger partial charge on any atom is -0.356 e. The number of hydrogen-bond donors (Lipinski definition) is 1. The molecule has 1 fully saturated rings. The lowest BCUT2D eigenvalue weighted by Gasteiger charge is -2.26. The Bertz CT molecular complexity index is 657. The van der Waals surface area contributed by atoms with Gasteiger partial charge >= 0.3 is 0 Å². The zero-order chi connectivity index (χ0) is 18.5. The minimum absolute atomic E-state index is 0.0646. The molecule has 3 rings (SSSR count). The molecule has 2 heterocycles. The Kier molecular flexibility index (Phi) is 6.14. The second-order valence-corrected chi connectivity index (χ2v) is 7.28. The van der Waals surface area contributed by atoms with E-state index in [0.717, 1.165) is 57.8 Å². The van der Waals surface area contributed by atoms with Crippen LogP contribution < -0.4 is 10.2 Å². The smallest absolute Gasteiger partial charge is 0.239 e. The van der Waals surface area contributed by atoms with Crippen molar-refractivity contribution < 1.29 is 4.79 Å². The Morgan fingerprint density at radius 3 is 2.88 bits per heavy atom.